The summed E-state index contributed by atoms with van der Waals surface area (Å²) in [4.78, 5) is 5.38. The van der Waals surface area contributed by atoms with E-state index in [0.29, 0.717) is 0 Å². The summed E-state index contributed by atoms with van der Waals surface area (Å²) >= 11 is 0. The van der Waals surface area contributed by atoms with Crippen molar-refractivity contribution in [1.29, 1.82) is 0 Å². The van der Waals surface area contributed by atoms with Gasteiger partial charge in [-0.25, -0.2) is 4.68 Å². The second-order valence-corrected chi connectivity index (χ2v) is 10.1. The molecule has 7 nitrogen and oxygen atoms in total. The summed E-state index contributed by atoms with van der Waals surface area (Å²) in [6.07, 6.45) is 12.4. The zero-order chi connectivity index (χ0) is 24.2. The molecule has 0 spiro atoms. The van der Waals surface area contributed by atoms with E-state index >= 15 is 0 Å². The van der Waals surface area contributed by atoms with Crippen LogP contribution in [0.5, 0.6) is 0 Å². The van der Waals surface area contributed by atoms with Crippen LogP contribution in [0.1, 0.15) is 55.1 Å². The van der Waals surface area contributed by atoms with Crippen LogP contribution >= 0.6 is 0 Å². The fourth-order valence-electron chi connectivity index (χ4n) is 5.98. The Hall–Kier alpha value is -3.29. The fraction of sp³-hybridized carbons (Fsp3) is 0.414. The molecule has 7 heteroatoms. The Morgan fingerprint density at radius 1 is 0.833 bits per heavy atom. The predicted molar refractivity (Wildman–Crippen MR) is 141 cm³/mol. The fourth-order valence-corrected chi connectivity index (χ4v) is 5.98. The van der Waals surface area contributed by atoms with Crippen LogP contribution in [0, 0.1) is 0 Å². The first kappa shape index (κ1) is 23.1. The Balaban J connectivity index is 1.31. The highest BCUT2D eigenvalue weighted by atomic mass is 15.3. The van der Waals surface area contributed by atoms with E-state index in [4.69, 9.17) is 5.10 Å². The Morgan fingerprint density at radius 3 is 2.44 bits per heavy atom. The molecule has 1 aliphatic heterocycles. The molecule has 0 radical (unpaired) electrons. The number of hydrogen-bond acceptors (Lipinski definition) is 5. The maximum atomic E-state index is 4.70. The molecule has 0 bridgehead atoms. The molecule has 1 saturated heterocycles. The molecular weight excluding hydrogens is 446 g/mol. The van der Waals surface area contributed by atoms with Crippen LogP contribution in [0.3, 0.4) is 0 Å². The van der Waals surface area contributed by atoms with Crippen molar-refractivity contribution in [2.75, 3.05) is 26.2 Å². The minimum absolute atomic E-state index is 0.0615. The van der Waals surface area contributed by atoms with E-state index in [9.17, 15) is 0 Å². The van der Waals surface area contributed by atoms with Crippen LogP contribution in [0.25, 0.3) is 5.69 Å². The quantitative estimate of drug-likeness (QED) is 0.388. The van der Waals surface area contributed by atoms with Gasteiger partial charge in [0.2, 0.25) is 0 Å². The van der Waals surface area contributed by atoms with Gasteiger partial charge in [-0.05, 0) is 55.1 Å². The van der Waals surface area contributed by atoms with Crippen molar-refractivity contribution >= 4 is 0 Å². The summed E-state index contributed by atoms with van der Waals surface area (Å²) in [5.74, 6) is 1.01. The van der Waals surface area contributed by atoms with Crippen LogP contribution < -0.4 is 0 Å². The third-order valence-electron chi connectivity index (χ3n) is 7.83. The Bertz CT molecular complexity index is 1210. The van der Waals surface area contributed by atoms with Crippen LogP contribution in [-0.2, 0) is 6.54 Å². The molecule has 3 heterocycles. The third-order valence-corrected chi connectivity index (χ3v) is 7.83. The molecule has 2 aliphatic rings. The normalized spacial score (nSPS) is 18.9. The van der Waals surface area contributed by atoms with Crippen LogP contribution in [0.2, 0.25) is 0 Å². The molecule has 2 fully saturated rings. The molecule has 0 amide bonds. The molecule has 1 saturated carbocycles. The van der Waals surface area contributed by atoms with E-state index in [0.717, 1.165) is 43.7 Å². The first-order chi connectivity index (χ1) is 17.8. The van der Waals surface area contributed by atoms with Gasteiger partial charge >= 0.3 is 0 Å². The molecule has 1 atom stereocenters. The van der Waals surface area contributed by atoms with Gasteiger partial charge in [0.25, 0.3) is 0 Å². The standard InChI is InChI=1S/C29H35N7/c1-2-8-24(9-3-1)22-35-23-30-32-29(35)28(25-12-14-27(15-13-25)36-19-6-16-31-36)34-18-7-17-33(20-21-34)26-10-4-5-11-26/h1-3,6,8-9,12-16,19,23,26,28H,4-5,7,10-11,17-18,20-22H2. The number of aromatic nitrogens is 5. The van der Waals surface area contributed by atoms with Crippen LogP contribution in [0.15, 0.2) is 79.4 Å². The molecule has 0 N–H and O–H groups in total. The largest absolute Gasteiger partial charge is 0.311 e. The maximum Gasteiger partial charge on any atom is 0.155 e. The van der Waals surface area contributed by atoms with Gasteiger partial charge in [0.15, 0.2) is 5.82 Å². The number of rotatable bonds is 7. The number of nitrogens with zero attached hydrogens (tertiary/aromatic N) is 7. The molecule has 36 heavy (non-hydrogen) atoms. The van der Waals surface area contributed by atoms with Gasteiger partial charge in [-0.15, -0.1) is 10.2 Å². The second-order valence-electron chi connectivity index (χ2n) is 10.1. The van der Waals surface area contributed by atoms with Crippen molar-refractivity contribution in [1.82, 2.24) is 34.3 Å². The zero-order valence-electron chi connectivity index (χ0n) is 20.9. The molecule has 4 aromatic rings. The summed E-state index contributed by atoms with van der Waals surface area (Å²) in [5, 5.41) is 13.5. The van der Waals surface area contributed by atoms with E-state index < -0.39 is 0 Å². The summed E-state index contributed by atoms with van der Waals surface area (Å²) < 4.78 is 4.13. The summed E-state index contributed by atoms with van der Waals surface area (Å²) in [6, 6.07) is 22.2. The molecule has 6 rings (SSSR count). The lowest BCUT2D eigenvalue weighted by Gasteiger charge is -2.31. The van der Waals surface area contributed by atoms with Gasteiger partial charge in [-0.3, -0.25) is 9.80 Å². The van der Waals surface area contributed by atoms with Crippen LogP contribution in [-0.4, -0.2) is 66.6 Å². The monoisotopic (exact) mass is 481 g/mol. The predicted octanol–water partition coefficient (Wildman–Crippen LogP) is 4.55. The topological polar surface area (TPSA) is 55.0 Å². The lowest BCUT2D eigenvalue weighted by molar-refractivity contribution is 0.185. The van der Waals surface area contributed by atoms with Crippen molar-refractivity contribution in [3.63, 3.8) is 0 Å². The Kier molecular flexibility index (Phi) is 6.92. The number of benzene rings is 2. The molecule has 2 aromatic carbocycles. The second kappa shape index (κ2) is 10.8. The van der Waals surface area contributed by atoms with E-state index in [1.807, 2.05) is 29.5 Å². The summed E-state index contributed by atoms with van der Waals surface area (Å²) in [7, 11) is 0. The molecule has 186 valence electrons. The highest BCUT2D eigenvalue weighted by molar-refractivity contribution is 5.37. The van der Waals surface area contributed by atoms with Gasteiger partial charge < -0.3 is 4.57 Å². The first-order valence-corrected chi connectivity index (χ1v) is 13.3. The van der Waals surface area contributed by atoms with Gasteiger partial charge in [-0.1, -0.05) is 55.3 Å². The molecule has 2 aromatic heterocycles. The number of hydrogen-bond donors (Lipinski definition) is 0. The van der Waals surface area contributed by atoms with E-state index in [1.165, 1.54) is 49.8 Å². The Morgan fingerprint density at radius 2 is 1.67 bits per heavy atom. The smallest absolute Gasteiger partial charge is 0.155 e. The van der Waals surface area contributed by atoms with Crippen molar-refractivity contribution in [2.24, 2.45) is 0 Å². The summed E-state index contributed by atoms with van der Waals surface area (Å²) in [6.45, 7) is 5.20. The van der Waals surface area contributed by atoms with Crippen molar-refractivity contribution in [3.8, 4) is 5.69 Å². The lowest BCUT2D eigenvalue weighted by atomic mass is 10.0. The third kappa shape index (κ3) is 4.99. The minimum atomic E-state index is 0.0615. The average molecular weight is 482 g/mol. The maximum absolute atomic E-state index is 4.70. The van der Waals surface area contributed by atoms with Gasteiger partial charge in [0.05, 0.1) is 18.3 Å². The van der Waals surface area contributed by atoms with Gasteiger partial charge in [0.1, 0.15) is 6.33 Å². The molecule has 1 unspecified atom stereocenters. The van der Waals surface area contributed by atoms with Crippen LogP contribution in [0.4, 0.5) is 0 Å². The highest BCUT2D eigenvalue weighted by Gasteiger charge is 2.31. The highest BCUT2D eigenvalue weighted by Crippen LogP contribution is 2.31. The summed E-state index contributed by atoms with van der Waals surface area (Å²) in [5.41, 5.74) is 3.58. The SMILES string of the molecule is c1ccc(Cn2cnnc2C(c2ccc(-n3cccn3)cc2)N2CCCN(C3CCCC3)CC2)cc1. The average Bonchev–Trinajstić information content (AvgIpc) is 3.69. The van der Waals surface area contributed by atoms with E-state index in [1.54, 1.807) is 0 Å². The van der Waals surface area contributed by atoms with Gasteiger partial charge in [-0.2, -0.15) is 5.10 Å². The molecule has 1 aliphatic carbocycles. The lowest BCUT2D eigenvalue weighted by Crippen LogP contribution is -2.38. The molecular formula is C29H35N7. The van der Waals surface area contributed by atoms with Crippen molar-refractivity contribution in [2.45, 2.75) is 50.7 Å². The minimum Gasteiger partial charge on any atom is -0.311 e. The van der Waals surface area contributed by atoms with Crippen molar-refractivity contribution < 1.29 is 0 Å². The van der Waals surface area contributed by atoms with E-state index in [2.05, 4.69) is 79.2 Å². The van der Waals surface area contributed by atoms with Gasteiger partial charge in [0, 0.05) is 38.1 Å². The Labute approximate surface area is 213 Å². The van der Waals surface area contributed by atoms with Crippen molar-refractivity contribution in [3.05, 3.63) is 96.3 Å². The zero-order valence-corrected chi connectivity index (χ0v) is 20.9. The van der Waals surface area contributed by atoms with E-state index in [-0.39, 0.29) is 6.04 Å². The first-order valence-electron chi connectivity index (χ1n) is 13.3.